The summed E-state index contributed by atoms with van der Waals surface area (Å²) in [5.41, 5.74) is 1.95. The van der Waals surface area contributed by atoms with Crippen LogP contribution in [0.15, 0.2) is 5.10 Å². The number of hydrogen-bond acceptors (Lipinski definition) is 3. The number of hydrogen-bond donors (Lipinski definition) is 2. The van der Waals surface area contributed by atoms with Crippen LogP contribution < -0.4 is 5.43 Å². The Morgan fingerprint density at radius 3 is 2.79 bits per heavy atom. The molecule has 0 amide bonds. The van der Waals surface area contributed by atoms with Crippen LogP contribution in [0.3, 0.4) is 0 Å². The van der Waals surface area contributed by atoms with Crippen LogP contribution in [-0.4, -0.2) is 20.3 Å². The van der Waals surface area contributed by atoms with Gasteiger partial charge in [0.1, 0.15) is 0 Å². The Labute approximate surface area is 97.4 Å². The first-order valence-corrected chi connectivity index (χ1v) is 5.71. The molecule has 2 unspecified atom stereocenters. The summed E-state index contributed by atoms with van der Waals surface area (Å²) in [7, 11) is 0. The van der Waals surface area contributed by atoms with Gasteiger partial charge in [-0.1, -0.05) is 41.2 Å². The van der Waals surface area contributed by atoms with Crippen molar-refractivity contribution in [1.82, 2.24) is 5.43 Å². The summed E-state index contributed by atoms with van der Waals surface area (Å²) in [4.78, 5) is 0. The molecule has 1 aliphatic heterocycles. The lowest BCUT2D eigenvalue weighted by atomic mass is 9.82. The Morgan fingerprint density at radius 2 is 2.14 bits per heavy atom. The van der Waals surface area contributed by atoms with E-state index in [4.69, 9.17) is 34.8 Å². The number of aliphatic hydroxyl groups is 1. The monoisotopic (exact) mass is 256 g/mol. The standard InChI is InChI=1S/C8H11Cl3N2O/c9-8(10,11)7(14)5-3-1-2-4-6(5)12-13-7/h5,13-14H,1-4H2. The molecular weight excluding hydrogens is 246 g/mol. The summed E-state index contributed by atoms with van der Waals surface area (Å²) in [5.74, 6) is -0.163. The van der Waals surface area contributed by atoms with Crippen molar-refractivity contribution in [2.24, 2.45) is 11.0 Å². The molecule has 0 aromatic rings. The van der Waals surface area contributed by atoms with E-state index in [-0.39, 0.29) is 5.92 Å². The Kier molecular flexibility index (Phi) is 2.63. The van der Waals surface area contributed by atoms with E-state index in [9.17, 15) is 5.11 Å². The minimum atomic E-state index is -1.75. The Hall–Kier alpha value is 0.300. The van der Waals surface area contributed by atoms with Crippen molar-refractivity contribution < 1.29 is 5.11 Å². The molecule has 2 N–H and O–H groups in total. The molecule has 0 spiro atoms. The van der Waals surface area contributed by atoms with Gasteiger partial charge in [-0.25, -0.2) is 0 Å². The molecule has 2 aliphatic rings. The molecule has 0 radical (unpaired) electrons. The van der Waals surface area contributed by atoms with Gasteiger partial charge in [0.2, 0.25) is 9.52 Å². The number of alkyl halides is 3. The lowest BCUT2D eigenvalue weighted by Crippen LogP contribution is -2.56. The molecule has 0 aromatic heterocycles. The molecule has 0 aromatic carbocycles. The summed E-state index contributed by atoms with van der Waals surface area (Å²) < 4.78 is -1.75. The largest absolute Gasteiger partial charge is 0.366 e. The van der Waals surface area contributed by atoms with E-state index in [0.29, 0.717) is 0 Å². The number of nitrogens with one attached hydrogen (secondary N) is 1. The number of halogens is 3. The molecule has 80 valence electrons. The van der Waals surface area contributed by atoms with E-state index >= 15 is 0 Å². The highest BCUT2D eigenvalue weighted by atomic mass is 35.6. The summed E-state index contributed by atoms with van der Waals surface area (Å²) in [5, 5.41) is 14.2. The fraction of sp³-hybridized carbons (Fsp3) is 0.875. The maximum Gasteiger partial charge on any atom is 0.239 e. The fourth-order valence-corrected chi connectivity index (χ4v) is 2.60. The third-order valence-electron chi connectivity index (χ3n) is 2.88. The average Bonchev–Trinajstić information content (AvgIpc) is 2.45. The van der Waals surface area contributed by atoms with E-state index in [2.05, 4.69) is 10.5 Å². The van der Waals surface area contributed by atoms with E-state index in [1.165, 1.54) is 0 Å². The molecule has 2 rings (SSSR count). The summed E-state index contributed by atoms with van der Waals surface area (Å²) in [6, 6.07) is 0. The van der Waals surface area contributed by atoms with Crippen LogP contribution in [0, 0.1) is 5.92 Å². The minimum Gasteiger partial charge on any atom is -0.366 e. The zero-order chi connectivity index (χ0) is 10.4. The van der Waals surface area contributed by atoms with E-state index in [1.54, 1.807) is 0 Å². The molecular formula is C8H11Cl3N2O. The normalized spacial score (nSPS) is 37.4. The quantitative estimate of drug-likeness (QED) is 0.654. The molecule has 1 saturated carbocycles. The van der Waals surface area contributed by atoms with Crippen LogP contribution in [0.5, 0.6) is 0 Å². The summed E-state index contributed by atoms with van der Waals surface area (Å²) in [6.07, 6.45) is 3.82. The predicted molar refractivity (Wildman–Crippen MR) is 57.8 cm³/mol. The maximum atomic E-state index is 10.2. The van der Waals surface area contributed by atoms with E-state index in [1.807, 2.05) is 0 Å². The second-order valence-electron chi connectivity index (χ2n) is 3.78. The predicted octanol–water partition coefficient (Wildman–Crippen LogP) is 2.19. The van der Waals surface area contributed by atoms with E-state index < -0.39 is 9.52 Å². The van der Waals surface area contributed by atoms with Crippen molar-refractivity contribution in [2.75, 3.05) is 0 Å². The van der Waals surface area contributed by atoms with Gasteiger partial charge in [0, 0.05) is 5.71 Å². The highest BCUT2D eigenvalue weighted by Gasteiger charge is 2.57. The van der Waals surface area contributed by atoms with Gasteiger partial charge in [0.15, 0.2) is 0 Å². The second kappa shape index (κ2) is 3.41. The Morgan fingerprint density at radius 1 is 1.43 bits per heavy atom. The lowest BCUT2D eigenvalue weighted by molar-refractivity contribution is -0.0151. The first-order valence-electron chi connectivity index (χ1n) is 4.58. The maximum absolute atomic E-state index is 10.2. The van der Waals surface area contributed by atoms with Gasteiger partial charge in [0.05, 0.1) is 5.92 Å². The zero-order valence-electron chi connectivity index (χ0n) is 7.43. The molecule has 3 nitrogen and oxygen atoms in total. The Balaban J connectivity index is 2.25. The van der Waals surface area contributed by atoms with Gasteiger partial charge in [-0.2, -0.15) is 5.10 Å². The molecule has 6 heteroatoms. The van der Waals surface area contributed by atoms with Gasteiger partial charge < -0.3 is 5.11 Å². The van der Waals surface area contributed by atoms with Crippen LogP contribution in [0.25, 0.3) is 0 Å². The molecule has 0 bridgehead atoms. The fourth-order valence-electron chi connectivity index (χ4n) is 2.08. The van der Waals surface area contributed by atoms with Crippen LogP contribution in [0.2, 0.25) is 0 Å². The number of nitrogens with zero attached hydrogens (tertiary/aromatic N) is 1. The smallest absolute Gasteiger partial charge is 0.239 e. The minimum absolute atomic E-state index is 0.163. The zero-order valence-corrected chi connectivity index (χ0v) is 9.70. The van der Waals surface area contributed by atoms with Crippen molar-refractivity contribution in [3.05, 3.63) is 0 Å². The molecule has 1 heterocycles. The van der Waals surface area contributed by atoms with Crippen molar-refractivity contribution in [3.63, 3.8) is 0 Å². The van der Waals surface area contributed by atoms with Crippen LogP contribution >= 0.6 is 34.8 Å². The number of fused-ring (bicyclic) bond motifs is 1. The molecule has 2 atom stereocenters. The van der Waals surface area contributed by atoms with Crippen LogP contribution in [0.1, 0.15) is 25.7 Å². The van der Waals surface area contributed by atoms with Gasteiger partial charge in [-0.15, -0.1) is 0 Å². The summed E-state index contributed by atoms with van der Waals surface area (Å²) >= 11 is 17.2. The van der Waals surface area contributed by atoms with Gasteiger partial charge >= 0.3 is 0 Å². The van der Waals surface area contributed by atoms with Crippen LogP contribution in [0.4, 0.5) is 0 Å². The summed E-state index contributed by atoms with van der Waals surface area (Å²) in [6.45, 7) is 0. The average molecular weight is 258 g/mol. The third-order valence-corrected chi connectivity index (χ3v) is 3.75. The highest BCUT2D eigenvalue weighted by molar-refractivity contribution is 6.68. The Bertz CT molecular complexity index is 276. The first-order chi connectivity index (χ1) is 6.45. The van der Waals surface area contributed by atoms with Crippen molar-refractivity contribution in [1.29, 1.82) is 0 Å². The molecule has 0 saturated heterocycles. The lowest BCUT2D eigenvalue weighted by Gasteiger charge is -2.37. The third kappa shape index (κ3) is 1.51. The van der Waals surface area contributed by atoms with Crippen molar-refractivity contribution >= 4 is 40.5 Å². The van der Waals surface area contributed by atoms with Gasteiger partial charge in [-0.05, 0) is 19.3 Å². The van der Waals surface area contributed by atoms with Crippen LogP contribution in [-0.2, 0) is 0 Å². The van der Waals surface area contributed by atoms with Crippen molar-refractivity contribution in [2.45, 2.75) is 35.2 Å². The number of rotatable bonds is 0. The van der Waals surface area contributed by atoms with Gasteiger partial charge in [-0.3, -0.25) is 5.43 Å². The first kappa shape index (κ1) is 10.8. The van der Waals surface area contributed by atoms with E-state index in [0.717, 1.165) is 31.4 Å². The number of hydrazone groups is 1. The topological polar surface area (TPSA) is 44.6 Å². The van der Waals surface area contributed by atoms with Crippen molar-refractivity contribution in [3.8, 4) is 0 Å². The molecule has 14 heavy (non-hydrogen) atoms. The highest BCUT2D eigenvalue weighted by Crippen LogP contribution is 2.46. The SMILES string of the molecule is OC1(C(Cl)(Cl)Cl)NN=C2CCCCC21. The second-order valence-corrected chi connectivity index (χ2v) is 6.06. The molecule has 1 aliphatic carbocycles. The van der Waals surface area contributed by atoms with Gasteiger partial charge in [0.25, 0.3) is 0 Å². The molecule has 1 fully saturated rings.